The van der Waals surface area contributed by atoms with Crippen molar-refractivity contribution in [1.29, 1.82) is 5.26 Å². The lowest BCUT2D eigenvalue weighted by atomic mass is 10.2. The molecule has 0 bridgehead atoms. The molecule has 0 saturated heterocycles. The number of nitrogens with zero attached hydrogens (tertiary/aromatic N) is 2. The number of rotatable bonds is 3. The van der Waals surface area contributed by atoms with Crippen LogP contribution in [0.4, 0.5) is 5.69 Å². The predicted molar refractivity (Wildman–Crippen MR) is 77.0 cm³/mol. The number of benzene rings is 2. The summed E-state index contributed by atoms with van der Waals surface area (Å²) in [6.45, 7) is 0. The molecule has 2 aromatic rings. The van der Waals surface area contributed by atoms with Crippen LogP contribution in [-0.4, -0.2) is 4.92 Å². The number of nitro benzene ring substituents is 1. The summed E-state index contributed by atoms with van der Waals surface area (Å²) in [4.78, 5) is 10.1. The molecule has 0 saturated carbocycles. The molecule has 2 aromatic carbocycles. The van der Waals surface area contributed by atoms with E-state index in [2.05, 4.69) is 15.9 Å². The number of hydrogen-bond acceptors (Lipinski definition) is 4. The van der Waals surface area contributed by atoms with Crippen LogP contribution in [0.5, 0.6) is 11.5 Å². The van der Waals surface area contributed by atoms with Gasteiger partial charge in [0, 0.05) is 16.6 Å². The van der Waals surface area contributed by atoms with Crippen molar-refractivity contribution in [2.45, 2.75) is 0 Å². The minimum atomic E-state index is -0.539. The van der Waals surface area contributed by atoms with Crippen LogP contribution in [0.25, 0.3) is 0 Å². The van der Waals surface area contributed by atoms with E-state index in [1.807, 2.05) is 6.07 Å². The Morgan fingerprint density at radius 2 is 2.05 bits per heavy atom. The van der Waals surface area contributed by atoms with Crippen LogP contribution >= 0.6 is 27.5 Å². The van der Waals surface area contributed by atoms with Crippen LogP contribution in [0.1, 0.15) is 5.56 Å². The number of nitriles is 1. The topological polar surface area (TPSA) is 76.2 Å². The van der Waals surface area contributed by atoms with Crippen molar-refractivity contribution in [3.8, 4) is 17.6 Å². The standard InChI is InChI=1S/C13H6BrClN2O3/c14-9-3-8(7-16)4-11(5-9)20-13-2-1-10(17(18)19)6-12(13)15/h1-6H. The van der Waals surface area contributed by atoms with Gasteiger partial charge in [0.15, 0.2) is 0 Å². The van der Waals surface area contributed by atoms with Crippen LogP contribution in [-0.2, 0) is 0 Å². The summed E-state index contributed by atoms with van der Waals surface area (Å²) >= 11 is 9.19. The Balaban J connectivity index is 2.33. The van der Waals surface area contributed by atoms with Gasteiger partial charge in [-0.15, -0.1) is 0 Å². The van der Waals surface area contributed by atoms with Crippen molar-refractivity contribution >= 4 is 33.2 Å². The molecule has 0 N–H and O–H groups in total. The summed E-state index contributed by atoms with van der Waals surface area (Å²) in [6.07, 6.45) is 0. The Morgan fingerprint density at radius 1 is 1.30 bits per heavy atom. The van der Waals surface area contributed by atoms with Crippen LogP contribution in [0, 0.1) is 21.4 Å². The second kappa shape index (κ2) is 5.90. The van der Waals surface area contributed by atoms with Crippen molar-refractivity contribution in [3.05, 3.63) is 61.6 Å². The molecule has 20 heavy (non-hydrogen) atoms. The Bertz CT molecular complexity index is 728. The SMILES string of the molecule is N#Cc1cc(Br)cc(Oc2ccc([N+](=O)[O-])cc2Cl)c1. The first kappa shape index (κ1) is 14.3. The zero-order valence-corrected chi connectivity index (χ0v) is 12.2. The third-order valence-corrected chi connectivity index (χ3v) is 3.11. The maximum atomic E-state index is 10.6. The molecule has 0 spiro atoms. The molecule has 0 aliphatic carbocycles. The van der Waals surface area contributed by atoms with Crippen molar-refractivity contribution < 1.29 is 9.66 Å². The molecule has 5 nitrogen and oxygen atoms in total. The molecule has 0 aliphatic heterocycles. The molecule has 0 fully saturated rings. The molecule has 0 radical (unpaired) electrons. The quantitative estimate of drug-likeness (QED) is 0.593. The van der Waals surface area contributed by atoms with E-state index >= 15 is 0 Å². The Kier molecular flexibility index (Phi) is 4.23. The van der Waals surface area contributed by atoms with Gasteiger partial charge in [0.2, 0.25) is 0 Å². The third kappa shape index (κ3) is 3.26. The van der Waals surface area contributed by atoms with Crippen molar-refractivity contribution in [3.63, 3.8) is 0 Å². The minimum Gasteiger partial charge on any atom is -0.456 e. The third-order valence-electron chi connectivity index (χ3n) is 2.35. The molecule has 100 valence electrons. The number of non-ortho nitro benzene ring substituents is 1. The largest absolute Gasteiger partial charge is 0.456 e. The van der Waals surface area contributed by atoms with Crippen molar-refractivity contribution in [2.75, 3.05) is 0 Å². The van der Waals surface area contributed by atoms with Gasteiger partial charge in [0.25, 0.3) is 5.69 Å². The maximum absolute atomic E-state index is 10.6. The van der Waals surface area contributed by atoms with E-state index in [-0.39, 0.29) is 16.5 Å². The summed E-state index contributed by atoms with van der Waals surface area (Å²) in [5.74, 6) is 0.686. The summed E-state index contributed by atoms with van der Waals surface area (Å²) in [7, 11) is 0. The van der Waals surface area contributed by atoms with Gasteiger partial charge in [-0.05, 0) is 24.3 Å². The van der Waals surface area contributed by atoms with Crippen LogP contribution < -0.4 is 4.74 Å². The molecule has 0 amide bonds. The summed E-state index contributed by atoms with van der Waals surface area (Å²) in [5.41, 5.74) is 0.307. The first-order valence-electron chi connectivity index (χ1n) is 5.32. The molecule has 0 heterocycles. The van der Waals surface area contributed by atoms with E-state index in [4.69, 9.17) is 21.6 Å². The molecule has 0 atom stereocenters. The maximum Gasteiger partial charge on any atom is 0.271 e. The van der Waals surface area contributed by atoms with Crippen molar-refractivity contribution in [1.82, 2.24) is 0 Å². The molecule has 0 aliphatic rings. The van der Waals surface area contributed by atoms with Crippen LogP contribution in [0.3, 0.4) is 0 Å². The van der Waals surface area contributed by atoms with Gasteiger partial charge in [-0.3, -0.25) is 10.1 Å². The highest BCUT2D eigenvalue weighted by atomic mass is 79.9. The summed E-state index contributed by atoms with van der Waals surface area (Å²) in [6, 6.07) is 10.8. The molecule has 0 unspecified atom stereocenters. The highest BCUT2D eigenvalue weighted by molar-refractivity contribution is 9.10. The molecule has 2 rings (SSSR count). The fourth-order valence-electron chi connectivity index (χ4n) is 1.50. The van der Waals surface area contributed by atoms with Crippen molar-refractivity contribution in [2.24, 2.45) is 0 Å². The predicted octanol–water partition coefficient (Wildman–Crippen LogP) is 4.67. The van der Waals surface area contributed by atoms with E-state index in [1.165, 1.54) is 18.2 Å². The van der Waals surface area contributed by atoms with Crippen LogP contribution in [0.15, 0.2) is 40.9 Å². The highest BCUT2D eigenvalue weighted by Gasteiger charge is 2.11. The Morgan fingerprint density at radius 3 is 2.65 bits per heavy atom. The second-order valence-corrected chi connectivity index (χ2v) is 5.08. The number of hydrogen-bond donors (Lipinski definition) is 0. The highest BCUT2D eigenvalue weighted by Crippen LogP contribution is 2.33. The number of nitro groups is 1. The van der Waals surface area contributed by atoms with Gasteiger partial charge in [-0.2, -0.15) is 5.26 Å². The normalized spacial score (nSPS) is 9.85. The molecular formula is C13H6BrClN2O3. The van der Waals surface area contributed by atoms with E-state index in [1.54, 1.807) is 18.2 Å². The van der Waals surface area contributed by atoms with Gasteiger partial charge in [0.05, 0.1) is 21.6 Å². The lowest BCUT2D eigenvalue weighted by molar-refractivity contribution is -0.384. The number of ether oxygens (including phenoxy) is 1. The second-order valence-electron chi connectivity index (χ2n) is 3.76. The van der Waals surface area contributed by atoms with Gasteiger partial charge in [-0.1, -0.05) is 27.5 Å². The van der Waals surface area contributed by atoms with E-state index in [9.17, 15) is 10.1 Å². The van der Waals surface area contributed by atoms with E-state index in [0.29, 0.717) is 15.8 Å². The fraction of sp³-hybridized carbons (Fsp3) is 0. The first-order valence-corrected chi connectivity index (χ1v) is 6.49. The average molecular weight is 354 g/mol. The monoisotopic (exact) mass is 352 g/mol. The average Bonchev–Trinajstić information content (AvgIpc) is 2.40. The first-order chi connectivity index (χ1) is 9.49. The van der Waals surface area contributed by atoms with Gasteiger partial charge >= 0.3 is 0 Å². The Labute approximate surface area is 127 Å². The lowest BCUT2D eigenvalue weighted by Crippen LogP contribution is -1.90. The number of halogens is 2. The molecular weight excluding hydrogens is 348 g/mol. The van der Waals surface area contributed by atoms with E-state index < -0.39 is 4.92 Å². The zero-order valence-electron chi connectivity index (χ0n) is 9.84. The summed E-state index contributed by atoms with van der Waals surface area (Å²) < 4.78 is 6.22. The van der Waals surface area contributed by atoms with Gasteiger partial charge in [-0.25, -0.2) is 0 Å². The van der Waals surface area contributed by atoms with Gasteiger partial charge in [0.1, 0.15) is 11.5 Å². The fourth-order valence-corrected chi connectivity index (χ4v) is 2.18. The Hall–Kier alpha value is -2.10. The molecule has 0 aromatic heterocycles. The summed E-state index contributed by atoms with van der Waals surface area (Å²) in [5, 5.41) is 19.6. The minimum absolute atomic E-state index is 0.116. The van der Waals surface area contributed by atoms with E-state index in [0.717, 1.165) is 0 Å². The van der Waals surface area contributed by atoms with Gasteiger partial charge < -0.3 is 4.74 Å². The lowest BCUT2D eigenvalue weighted by Gasteiger charge is -2.08. The molecule has 7 heteroatoms. The smallest absolute Gasteiger partial charge is 0.271 e. The zero-order chi connectivity index (χ0) is 14.7. The van der Waals surface area contributed by atoms with Crippen LogP contribution in [0.2, 0.25) is 5.02 Å².